The molecule has 0 aliphatic heterocycles. The van der Waals surface area contributed by atoms with Gasteiger partial charge in [-0.1, -0.05) is 224 Å². The van der Waals surface area contributed by atoms with Crippen molar-refractivity contribution >= 4 is 43.6 Å². The minimum atomic E-state index is 0.586. The van der Waals surface area contributed by atoms with E-state index in [1.807, 2.05) is 12.1 Å². The molecule has 0 aliphatic carbocycles. The Hall–Kier alpha value is -9.97. The van der Waals surface area contributed by atoms with Crippen molar-refractivity contribution in [3.05, 3.63) is 273 Å². The molecule has 3 heterocycles. The van der Waals surface area contributed by atoms with Gasteiger partial charge in [-0.15, -0.1) is 0 Å². The quantitative estimate of drug-likeness (QED) is 0.145. The molecule has 5 nitrogen and oxygen atoms in total. The second-order valence-electron chi connectivity index (χ2n) is 18.8. The molecule has 0 saturated carbocycles. The monoisotopic (exact) mass is 943 g/mol. The third kappa shape index (κ3) is 7.46. The van der Waals surface area contributed by atoms with Crippen molar-refractivity contribution in [2.24, 2.45) is 0 Å². The molecular formula is C69H45N5. The van der Waals surface area contributed by atoms with Crippen molar-refractivity contribution in [2.75, 3.05) is 0 Å². The van der Waals surface area contributed by atoms with Crippen LogP contribution in [0.2, 0.25) is 0 Å². The van der Waals surface area contributed by atoms with E-state index in [9.17, 15) is 0 Å². The summed E-state index contributed by atoms with van der Waals surface area (Å²) in [5, 5.41) is 4.83. The van der Waals surface area contributed by atoms with Crippen LogP contribution in [0.3, 0.4) is 0 Å². The van der Waals surface area contributed by atoms with Gasteiger partial charge in [-0.2, -0.15) is 0 Å². The van der Waals surface area contributed by atoms with Crippen molar-refractivity contribution < 1.29 is 0 Å². The summed E-state index contributed by atoms with van der Waals surface area (Å²) in [6, 6.07) is 97.2. The number of para-hydroxylation sites is 3. The summed E-state index contributed by atoms with van der Waals surface area (Å²) in [5.41, 5.74) is 18.3. The number of rotatable bonds is 9. The molecule has 0 saturated heterocycles. The predicted octanol–water partition coefficient (Wildman–Crippen LogP) is 17.7. The maximum Gasteiger partial charge on any atom is 0.164 e. The van der Waals surface area contributed by atoms with Crippen molar-refractivity contribution in [3.63, 3.8) is 0 Å². The van der Waals surface area contributed by atoms with Crippen molar-refractivity contribution in [1.29, 1.82) is 0 Å². The van der Waals surface area contributed by atoms with Crippen LogP contribution < -0.4 is 0 Å². The van der Waals surface area contributed by atoms with Crippen LogP contribution in [0, 0.1) is 0 Å². The molecule has 0 unspecified atom stereocenters. The first-order valence-corrected chi connectivity index (χ1v) is 25.1. The summed E-state index contributed by atoms with van der Waals surface area (Å²) in [4.78, 5) is 16.0. The lowest BCUT2D eigenvalue weighted by Gasteiger charge is -2.21. The zero-order valence-corrected chi connectivity index (χ0v) is 40.2. The van der Waals surface area contributed by atoms with Crippen LogP contribution >= 0.6 is 0 Å². The fourth-order valence-corrected chi connectivity index (χ4v) is 10.9. The molecule has 14 rings (SSSR count). The van der Waals surface area contributed by atoms with Gasteiger partial charge in [-0.05, 0) is 81.9 Å². The molecule has 0 fully saturated rings. The topological polar surface area (TPSA) is 48.5 Å². The van der Waals surface area contributed by atoms with Crippen molar-refractivity contribution in [2.45, 2.75) is 0 Å². The van der Waals surface area contributed by atoms with Crippen LogP contribution in [0.1, 0.15) is 0 Å². The molecule has 5 heteroatoms. The number of benzene rings is 11. The molecule has 0 radical (unpaired) electrons. The normalized spacial score (nSPS) is 11.5. The molecule has 0 atom stereocenters. The van der Waals surface area contributed by atoms with Gasteiger partial charge in [0.2, 0.25) is 0 Å². The SMILES string of the molecule is c1ccc(-c2ccc(-c3nc(-c4ccc(-c5ccccc5)cc4)nc(-c4cc(-c5ccccc5)c(-n5c6ccccc6c6cc(-n7c8ccccc8c8ccccc87)ccc65)c(-c5ccccc5)c4)n3)cc2)cc1. The molecule has 74 heavy (non-hydrogen) atoms. The predicted molar refractivity (Wildman–Crippen MR) is 307 cm³/mol. The zero-order valence-electron chi connectivity index (χ0n) is 40.2. The Balaban J connectivity index is 1.01. The van der Waals surface area contributed by atoms with Gasteiger partial charge in [0.25, 0.3) is 0 Å². The second kappa shape index (κ2) is 18.0. The van der Waals surface area contributed by atoms with E-state index in [0.29, 0.717) is 17.5 Å². The number of nitrogens with zero attached hydrogens (tertiary/aromatic N) is 5. The van der Waals surface area contributed by atoms with Crippen LogP contribution in [0.15, 0.2) is 273 Å². The average molecular weight is 944 g/mol. The number of fused-ring (bicyclic) bond motifs is 6. The summed E-state index contributed by atoms with van der Waals surface area (Å²) in [6.45, 7) is 0. The van der Waals surface area contributed by atoms with E-state index in [0.717, 1.165) is 83.6 Å². The van der Waals surface area contributed by atoms with Crippen LogP contribution in [-0.4, -0.2) is 24.1 Å². The second-order valence-corrected chi connectivity index (χ2v) is 18.8. The van der Waals surface area contributed by atoms with Gasteiger partial charge < -0.3 is 9.13 Å². The van der Waals surface area contributed by atoms with Gasteiger partial charge in [-0.3, -0.25) is 0 Å². The molecule has 0 amide bonds. The van der Waals surface area contributed by atoms with E-state index in [2.05, 4.69) is 270 Å². The van der Waals surface area contributed by atoms with Crippen LogP contribution in [0.4, 0.5) is 0 Å². The third-order valence-electron chi connectivity index (χ3n) is 14.4. The van der Waals surface area contributed by atoms with Crippen LogP contribution in [-0.2, 0) is 0 Å². The van der Waals surface area contributed by atoms with Gasteiger partial charge in [0, 0.05) is 55.0 Å². The highest BCUT2D eigenvalue weighted by Gasteiger charge is 2.24. The van der Waals surface area contributed by atoms with Crippen LogP contribution in [0.5, 0.6) is 0 Å². The van der Waals surface area contributed by atoms with Gasteiger partial charge in [0.05, 0.1) is 27.8 Å². The maximum absolute atomic E-state index is 5.37. The fraction of sp³-hybridized carbons (Fsp3) is 0. The maximum atomic E-state index is 5.37. The molecule has 0 bridgehead atoms. The molecule has 3 aromatic heterocycles. The van der Waals surface area contributed by atoms with E-state index in [-0.39, 0.29) is 0 Å². The molecule has 346 valence electrons. The molecule has 0 aliphatic rings. The molecule has 14 aromatic rings. The van der Waals surface area contributed by atoms with Gasteiger partial charge in [0.15, 0.2) is 17.5 Å². The van der Waals surface area contributed by atoms with Gasteiger partial charge in [-0.25, -0.2) is 15.0 Å². The molecular weight excluding hydrogens is 899 g/mol. The minimum absolute atomic E-state index is 0.586. The summed E-state index contributed by atoms with van der Waals surface area (Å²) >= 11 is 0. The Morgan fingerprint density at radius 3 is 0.986 bits per heavy atom. The Kier molecular flexibility index (Phi) is 10.4. The van der Waals surface area contributed by atoms with E-state index < -0.39 is 0 Å². The summed E-state index contributed by atoms with van der Waals surface area (Å²) in [6.07, 6.45) is 0. The largest absolute Gasteiger partial charge is 0.309 e. The lowest BCUT2D eigenvalue weighted by atomic mass is 9.92. The first-order valence-electron chi connectivity index (χ1n) is 25.1. The summed E-state index contributed by atoms with van der Waals surface area (Å²) < 4.78 is 4.88. The Bertz CT molecular complexity index is 4160. The van der Waals surface area contributed by atoms with E-state index in [1.54, 1.807) is 0 Å². The first kappa shape index (κ1) is 42.9. The molecule has 0 spiro atoms. The Labute approximate surface area is 428 Å². The van der Waals surface area contributed by atoms with Crippen LogP contribution in [0.25, 0.3) is 134 Å². The highest BCUT2D eigenvalue weighted by atomic mass is 15.0. The standard InChI is InChI=1S/C69H45N5/c1-5-19-46(20-6-1)48-33-37-52(38-34-48)67-70-68(53-39-35-49(36-40-53)47-21-7-2-8-22-47)72-69(71-67)54-43-59(50-23-9-3-10-24-50)66(60(44-54)51-25-11-4-12-26-51)74-64-32-18-15-29-58(64)61-45-55(41-42-65(61)74)73-62-30-16-13-27-56(62)57-28-14-17-31-63(57)73/h1-45H. The van der Waals surface area contributed by atoms with Gasteiger partial charge >= 0.3 is 0 Å². The van der Waals surface area contributed by atoms with E-state index in [1.165, 1.54) is 32.6 Å². The zero-order chi connectivity index (χ0) is 49.0. The van der Waals surface area contributed by atoms with E-state index in [4.69, 9.17) is 15.0 Å². The van der Waals surface area contributed by atoms with Gasteiger partial charge in [0.1, 0.15) is 0 Å². The average Bonchev–Trinajstić information content (AvgIpc) is 4.00. The van der Waals surface area contributed by atoms with E-state index >= 15 is 0 Å². The molecule has 0 N–H and O–H groups in total. The highest BCUT2D eigenvalue weighted by Crippen LogP contribution is 2.45. The lowest BCUT2D eigenvalue weighted by Crippen LogP contribution is -2.04. The molecule has 11 aromatic carbocycles. The summed E-state index contributed by atoms with van der Waals surface area (Å²) in [5.74, 6) is 1.79. The third-order valence-corrected chi connectivity index (χ3v) is 14.4. The smallest absolute Gasteiger partial charge is 0.164 e. The fourth-order valence-electron chi connectivity index (χ4n) is 10.9. The number of hydrogen-bond donors (Lipinski definition) is 0. The number of hydrogen-bond acceptors (Lipinski definition) is 3. The number of aromatic nitrogens is 5. The Morgan fingerprint density at radius 1 is 0.216 bits per heavy atom. The Morgan fingerprint density at radius 2 is 0.541 bits per heavy atom. The lowest BCUT2D eigenvalue weighted by molar-refractivity contribution is 1.07. The van der Waals surface area contributed by atoms with Crippen molar-refractivity contribution in [1.82, 2.24) is 24.1 Å². The van der Waals surface area contributed by atoms with Crippen molar-refractivity contribution in [3.8, 4) is 90.0 Å². The summed E-state index contributed by atoms with van der Waals surface area (Å²) in [7, 11) is 0. The highest BCUT2D eigenvalue weighted by molar-refractivity contribution is 6.13. The minimum Gasteiger partial charge on any atom is -0.309 e. The first-order chi connectivity index (χ1) is 36.7.